The van der Waals surface area contributed by atoms with Crippen molar-refractivity contribution >= 4 is 12.3 Å². The van der Waals surface area contributed by atoms with E-state index in [4.69, 9.17) is 4.74 Å². The molecule has 20 heavy (non-hydrogen) atoms. The van der Waals surface area contributed by atoms with Gasteiger partial charge in [0.15, 0.2) is 0 Å². The molecule has 1 aliphatic rings. The number of ether oxygens (including phenoxy) is 1. The van der Waals surface area contributed by atoms with Crippen LogP contribution in [0, 0.1) is 11.3 Å². The molecule has 0 radical (unpaired) electrons. The SMILES string of the molecule is COc1ccc2c(c1)C(C#N)N(CCCNC=O)C2=O. The third-order valence-electron chi connectivity index (χ3n) is 3.28. The molecule has 1 aliphatic heterocycles. The summed E-state index contributed by atoms with van der Waals surface area (Å²) in [6.07, 6.45) is 1.22. The Balaban J connectivity index is 2.19. The normalized spacial score (nSPS) is 16.5. The zero-order chi connectivity index (χ0) is 14.5. The molecule has 0 fully saturated rings. The van der Waals surface area contributed by atoms with Crippen LogP contribution in [0.25, 0.3) is 0 Å². The fourth-order valence-electron chi connectivity index (χ4n) is 2.31. The first kappa shape index (κ1) is 13.9. The number of carbonyl (C=O) groups excluding carboxylic acids is 2. The smallest absolute Gasteiger partial charge is 0.255 e. The van der Waals surface area contributed by atoms with Gasteiger partial charge in [-0.15, -0.1) is 0 Å². The van der Waals surface area contributed by atoms with Crippen molar-refractivity contribution in [1.29, 1.82) is 5.26 Å². The minimum absolute atomic E-state index is 0.152. The van der Waals surface area contributed by atoms with Crippen molar-refractivity contribution in [2.24, 2.45) is 0 Å². The summed E-state index contributed by atoms with van der Waals surface area (Å²) >= 11 is 0. The van der Waals surface area contributed by atoms with Crippen molar-refractivity contribution in [1.82, 2.24) is 10.2 Å². The Labute approximate surface area is 116 Å². The minimum atomic E-state index is -0.594. The van der Waals surface area contributed by atoms with E-state index >= 15 is 0 Å². The molecule has 1 heterocycles. The van der Waals surface area contributed by atoms with E-state index in [0.29, 0.717) is 42.8 Å². The monoisotopic (exact) mass is 273 g/mol. The molecule has 1 unspecified atom stereocenters. The molecule has 0 saturated carbocycles. The molecule has 2 rings (SSSR count). The lowest BCUT2D eigenvalue weighted by Gasteiger charge is -2.19. The minimum Gasteiger partial charge on any atom is -0.497 e. The standard InChI is InChI=1S/C14H15N3O3/c1-20-10-3-4-11-12(7-10)13(8-15)17(14(11)19)6-2-5-16-9-18/h3-4,7,9,13H,2,5-6H2,1H3,(H,16,18). The third-order valence-corrected chi connectivity index (χ3v) is 3.28. The molecule has 1 aromatic rings. The van der Waals surface area contributed by atoms with Crippen molar-refractivity contribution in [3.8, 4) is 11.8 Å². The molecule has 1 N–H and O–H groups in total. The quantitative estimate of drug-likeness (QED) is 0.615. The highest BCUT2D eigenvalue weighted by Gasteiger charge is 2.36. The van der Waals surface area contributed by atoms with Gasteiger partial charge in [-0.1, -0.05) is 0 Å². The number of methoxy groups -OCH3 is 1. The summed E-state index contributed by atoms with van der Waals surface area (Å²) in [6.45, 7) is 0.903. The highest BCUT2D eigenvalue weighted by atomic mass is 16.5. The molecule has 0 aromatic heterocycles. The Bertz CT molecular complexity index is 565. The summed E-state index contributed by atoms with van der Waals surface area (Å²) < 4.78 is 5.13. The summed E-state index contributed by atoms with van der Waals surface area (Å²) in [5.74, 6) is 0.474. The number of amides is 2. The number of hydrogen-bond donors (Lipinski definition) is 1. The van der Waals surface area contributed by atoms with E-state index in [1.165, 1.54) is 4.90 Å². The molecule has 2 amide bonds. The van der Waals surface area contributed by atoms with E-state index in [0.717, 1.165) is 0 Å². The van der Waals surface area contributed by atoms with Gasteiger partial charge < -0.3 is 15.0 Å². The van der Waals surface area contributed by atoms with Crippen molar-refractivity contribution < 1.29 is 14.3 Å². The Kier molecular flexibility index (Phi) is 4.20. The van der Waals surface area contributed by atoms with Crippen LogP contribution in [-0.2, 0) is 4.79 Å². The second-order valence-corrected chi connectivity index (χ2v) is 4.41. The molecule has 0 spiro atoms. The van der Waals surface area contributed by atoms with Crippen molar-refractivity contribution in [2.75, 3.05) is 20.2 Å². The predicted molar refractivity (Wildman–Crippen MR) is 71.1 cm³/mol. The van der Waals surface area contributed by atoms with E-state index in [2.05, 4.69) is 11.4 Å². The number of fused-ring (bicyclic) bond motifs is 1. The summed E-state index contributed by atoms with van der Waals surface area (Å²) in [4.78, 5) is 24.0. The van der Waals surface area contributed by atoms with Crippen LogP contribution in [0.2, 0.25) is 0 Å². The molecule has 1 atom stereocenters. The first-order valence-electron chi connectivity index (χ1n) is 6.28. The maximum absolute atomic E-state index is 12.3. The van der Waals surface area contributed by atoms with E-state index in [1.807, 2.05) is 0 Å². The predicted octanol–water partition coefficient (Wildman–Crippen LogP) is 0.852. The third kappa shape index (κ3) is 2.43. The van der Waals surface area contributed by atoms with Gasteiger partial charge in [-0.05, 0) is 24.6 Å². The molecule has 0 aliphatic carbocycles. The van der Waals surface area contributed by atoms with E-state index in [9.17, 15) is 14.9 Å². The number of rotatable bonds is 6. The average molecular weight is 273 g/mol. The molecule has 104 valence electrons. The first-order chi connectivity index (χ1) is 9.72. The Morgan fingerprint density at radius 1 is 1.55 bits per heavy atom. The summed E-state index contributed by atoms with van der Waals surface area (Å²) in [5.41, 5.74) is 1.22. The number of carbonyl (C=O) groups is 2. The number of nitrogens with zero attached hydrogens (tertiary/aromatic N) is 2. The van der Waals surface area contributed by atoms with Gasteiger partial charge in [-0.3, -0.25) is 9.59 Å². The Morgan fingerprint density at radius 2 is 2.35 bits per heavy atom. The summed E-state index contributed by atoms with van der Waals surface area (Å²) in [7, 11) is 1.54. The molecular weight excluding hydrogens is 258 g/mol. The molecule has 6 nitrogen and oxygen atoms in total. The van der Waals surface area contributed by atoms with Gasteiger partial charge in [0.2, 0.25) is 6.41 Å². The highest BCUT2D eigenvalue weighted by molar-refractivity contribution is 5.99. The summed E-state index contributed by atoms with van der Waals surface area (Å²) in [6, 6.07) is 6.68. The number of hydrogen-bond acceptors (Lipinski definition) is 4. The average Bonchev–Trinajstić information content (AvgIpc) is 2.75. The molecule has 1 aromatic carbocycles. The van der Waals surface area contributed by atoms with Crippen LogP contribution in [-0.4, -0.2) is 37.4 Å². The fraction of sp³-hybridized carbons (Fsp3) is 0.357. The largest absolute Gasteiger partial charge is 0.497 e. The van der Waals surface area contributed by atoms with Crippen LogP contribution in [0.3, 0.4) is 0 Å². The van der Waals surface area contributed by atoms with E-state index in [1.54, 1.807) is 25.3 Å². The van der Waals surface area contributed by atoms with E-state index < -0.39 is 6.04 Å². The Morgan fingerprint density at radius 3 is 3.00 bits per heavy atom. The van der Waals surface area contributed by atoms with Crippen molar-refractivity contribution in [3.05, 3.63) is 29.3 Å². The van der Waals surface area contributed by atoms with Crippen LogP contribution < -0.4 is 10.1 Å². The molecule has 0 bridgehead atoms. The molecule has 6 heteroatoms. The maximum atomic E-state index is 12.3. The van der Waals surface area contributed by atoms with Gasteiger partial charge in [0.05, 0.1) is 13.2 Å². The molecular formula is C14H15N3O3. The fourth-order valence-corrected chi connectivity index (χ4v) is 2.31. The topological polar surface area (TPSA) is 82.4 Å². The lowest BCUT2D eigenvalue weighted by molar-refractivity contribution is -0.109. The van der Waals surface area contributed by atoms with Crippen LogP contribution in [0.1, 0.15) is 28.4 Å². The molecule has 0 saturated heterocycles. The lowest BCUT2D eigenvalue weighted by atomic mass is 10.1. The van der Waals surface area contributed by atoms with Gasteiger partial charge in [-0.2, -0.15) is 5.26 Å². The highest BCUT2D eigenvalue weighted by Crippen LogP contribution is 2.35. The van der Waals surface area contributed by atoms with Gasteiger partial charge in [0, 0.05) is 24.2 Å². The first-order valence-corrected chi connectivity index (χ1v) is 6.28. The van der Waals surface area contributed by atoms with Gasteiger partial charge in [0.25, 0.3) is 5.91 Å². The van der Waals surface area contributed by atoms with Gasteiger partial charge in [0.1, 0.15) is 11.8 Å². The zero-order valence-corrected chi connectivity index (χ0v) is 11.1. The number of nitriles is 1. The second-order valence-electron chi connectivity index (χ2n) is 4.41. The van der Waals surface area contributed by atoms with Crippen LogP contribution in [0.15, 0.2) is 18.2 Å². The van der Waals surface area contributed by atoms with Crippen LogP contribution in [0.5, 0.6) is 5.75 Å². The zero-order valence-electron chi connectivity index (χ0n) is 11.1. The van der Waals surface area contributed by atoms with Crippen molar-refractivity contribution in [3.63, 3.8) is 0 Å². The lowest BCUT2D eigenvalue weighted by Crippen LogP contribution is -2.30. The van der Waals surface area contributed by atoms with Crippen molar-refractivity contribution in [2.45, 2.75) is 12.5 Å². The van der Waals surface area contributed by atoms with Gasteiger partial charge >= 0.3 is 0 Å². The number of nitrogens with one attached hydrogen (secondary N) is 1. The second kappa shape index (κ2) is 6.06. The summed E-state index contributed by atoms with van der Waals surface area (Å²) in [5, 5.41) is 11.8. The Hall–Kier alpha value is -2.55. The number of benzene rings is 1. The van der Waals surface area contributed by atoms with Gasteiger partial charge in [-0.25, -0.2) is 0 Å². The van der Waals surface area contributed by atoms with E-state index in [-0.39, 0.29) is 5.91 Å². The van der Waals surface area contributed by atoms with Crippen LogP contribution >= 0.6 is 0 Å². The maximum Gasteiger partial charge on any atom is 0.255 e. The van der Waals surface area contributed by atoms with Crippen LogP contribution in [0.4, 0.5) is 0 Å².